The number of alkyl halides is 1. The number of carboxylic acid groups (broad SMARTS) is 1. The number of pyridine rings is 1. The van der Waals surface area contributed by atoms with Crippen LogP contribution in [-0.2, 0) is 31.9 Å². The third-order valence-corrected chi connectivity index (χ3v) is 7.00. The maximum Gasteiger partial charge on any atom is 0.326 e. The van der Waals surface area contributed by atoms with Crippen LogP contribution >= 0.6 is 0 Å². The van der Waals surface area contributed by atoms with Gasteiger partial charge in [-0.05, 0) is 62.3 Å². The third-order valence-electron chi connectivity index (χ3n) is 7.00. The number of benzene rings is 1. The molecule has 0 radical (unpaired) electrons. The van der Waals surface area contributed by atoms with Gasteiger partial charge in [0.1, 0.15) is 18.5 Å². The summed E-state index contributed by atoms with van der Waals surface area (Å²) in [6.07, 6.45) is 3.36. The maximum atomic E-state index is 13.4. The first kappa shape index (κ1) is 30.5. The van der Waals surface area contributed by atoms with Crippen molar-refractivity contribution in [1.29, 1.82) is 0 Å². The molecule has 1 aromatic carbocycles. The van der Waals surface area contributed by atoms with Gasteiger partial charge in [0.15, 0.2) is 6.10 Å². The third kappa shape index (κ3) is 9.56. The van der Waals surface area contributed by atoms with E-state index in [-0.39, 0.29) is 6.42 Å². The SMILES string of the molecule is CO[C@H](CF)CN(CCCCc1ccc2c(n1)NCCC2)CC[C@H](NC(=O)[C@H](OC)c1ccccc1)C(=O)O. The van der Waals surface area contributed by atoms with Gasteiger partial charge >= 0.3 is 5.97 Å². The van der Waals surface area contributed by atoms with Crippen molar-refractivity contribution in [2.45, 2.75) is 56.8 Å². The number of aromatic nitrogens is 1. The lowest BCUT2D eigenvalue weighted by molar-refractivity contribution is -0.144. The Bertz CT molecular complexity index is 1040. The number of carbonyl (C=O) groups excluding carboxylic acids is 1. The van der Waals surface area contributed by atoms with Crippen LogP contribution in [0.5, 0.6) is 0 Å². The molecule has 9 nitrogen and oxygen atoms in total. The van der Waals surface area contributed by atoms with E-state index in [9.17, 15) is 19.1 Å². The number of nitrogens with one attached hydrogen (secondary N) is 2. The van der Waals surface area contributed by atoms with Crippen molar-refractivity contribution in [1.82, 2.24) is 15.2 Å². The van der Waals surface area contributed by atoms with E-state index in [1.54, 1.807) is 24.3 Å². The number of aliphatic carboxylic acids is 1. The van der Waals surface area contributed by atoms with Gasteiger partial charge < -0.3 is 30.1 Å². The van der Waals surface area contributed by atoms with E-state index in [2.05, 4.69) is 22.8 Å². The van der Waals surface area contributed by atoms with Crippen LogP contribution in [0.2, 0.25) is 0 Å². The van der Waals surface area contributed by atoms with E-state index in [0.29, 0.717) is 25.2 Å². The average Bonchev–Trinajstić information content (AvgIpc) is 2.96. The number of carboxylic acids is 1. The number of rotatable bonds is 17. The first-order valence-electron chi connectivity index (χ1n) is 13.6. The number of nitrogens with zero attached hydrogens (tertiary/aromatic N) is 2. The zero-order valence-electron chi connectivity index (χ0n) is 22.9. The number of hydrogen-bond donors (Lipinski definition) is 3. The largest absolute Gasteiger partial charge is 0.480 e. The highest BCUT2D eigenvalue weighted by atomic mass is 19.1. The van der Waals surface area contributed by atoms with Crippen LogP contribution in [-0.4, -0.2) is 86.1 Å². The molecule has 0 unspecified atom stereocenters. The molecule has 2 aromatic rings. The second kappa shape index (κ2) is 16.1. The van der Waals surface area contributed by atoms with Gasteiger partial charge in [-0.2, -0.15) is 0 Å². The number of carbonyl (C=O) groups is 2. The minimum Gasteiger partial charge on any atom is -0.480 e. The fourth-order valence-electron chi connectivity index (χ4n) is 4.76. The molecule has 214 valence electrons. The molecule has 3 N–H and O–H groups in total. The van der Waals surface area contributed by atoms with Crippen molar-refractivity contribution in [3.63, 3.8) is 0 Å². The molecule has 0 saturated heterocycles. The fraction of sp³-hybridized carbons (Fsp3) is 0.552. The Morgan fingerprint density at radius 3 is 2.62 bits per heavy atom. The van der Waals surface area contributed by atoms with Gasteiger partial charge in [0.25, 0.3) is 5.91 Å². The number of aryl methyl sites for hydroxylation is 2. The summed E-state index contributed by atoms with van der Waals surface area (Å²) in [7, 11) is 2.87. The predicted molar refractivity (Wildman–Crippen MR) is 148 cm³/mol. The quantitative estimate of drug-likeness (QED) is 0.260. The number of unbranched alkanes of at least 4 members (excludes halogenated alkanes) is 1. The van der Waals surface area contributed by atoms with E-state index in [0.717, 1.165) is 50.2 Å². The number of fused-ring (bicyclic) bond motifs is 1. The van der Waals surface area contributed by atoms with Gasteiger partial charge in [0.05, 0.1) is 6.10 Å². The molecule has 3 rings (SSSR count). The summed E-state index contributed by atoms with van der Waals surface area (Å²) in [6, 6.07) is 12.0. The van der Waals surface area contributed by atoms with Crippen LogP contribution in [0.4, 0.5) is 10.2 Å². The zero-order valence-corrected chi connectivity index (χ0v) is 22.9. The van der Waals surface area contributed by atoms with Gasteiger partial charge in [-0.15, -0.1) is 0 Å². The molecule has 0 spiro atoms. The minimum atomic E-state index is -1.13. The Balaban J connectivity index is 1.54. The summed E-state index contributed by atoms with van der Waals surface area (Å²) >= 11 is 0. The van der Waals surface area contributed by atoms with Crippen LogP contribution in [0.1, 0.15) is 48.6 Å². The topological polar surface area (TPSA) is 113 Å². The number of halogens is 1. The highest BCUT2D eigenvalue weighted by Gasteiger charge is 2.27. The summed E-state index contributed by atoms with van der Waals surface area (Å²) in [5.74, 6) is -0.670. The predicted octanol–water partition coefficient (Wildman–Crippen LogP) is 3.40. The zero-order chi connectivity index (χ0) is 28.0. The molecule has 39 heavy (non-hydrogen) atoms. The molecule has 2 heterocycles. The summed E-state index contributed by atoms with van der Waals surface area (Å²) in [6.45, 7) is 1.66. The summed E-state index contributed by atoms with van der Waals surface area (Å²) in [5.41, 5.74) is 2.93. The maximum absolute atomic E-state index is 13.4. The van der Waals surface area contributed by atoms with Gasteiger partial charge in [0, 0.05) is 39.5 Å². The van der Waals surface area contributed by atoms with Crippen molar-refractivity contribution in [3.05, 3.63) is 59.3 Å². The number of hydrogen-bond acceptors (Lipinski definition) is 7. The molecule has 0 bridgehead atoms. The van der Waals surface area contributed by atoms with Gasteiger partial charge in [-0.3, -0.25) is 4.79 Å². The van der Waals surface area contributed by atoms with Crippen LogP contribution in [0.3, 0.4) is 0 Å². The van der Waals surface area contributed by atoms with Crippen molar-refractivity contribution < 1.29 is 28.6 Å². The lowest BCUT2D eigenvalue weighted by atomic mass is 10.1. The molecular weight excluding hydrogens is 503 g/mol. The fourth-order valence-corrected chi connectivity index (χ4v) is 4.76. The molecule has 3 atom stereocenters. The Kier molecular flexibility index (Phi) is 12.6. The number of methoxy groups -OCH3 is 2. The second-order valence-electron chi connectivity index (χ2n) is 9.82. The highest BCUT2D eigenvalue weighted by Crippen LogP contribution is 2.20. The minimum absolute atomic E-state index is 0.160. The molecule has 0 fully saturated rings. The van der Waals surface area contributed by atoms with Crippen LogP contribution in [0, 0.1) is 0 Å². The molecule has 1 aliphatic heterocycles. The Morgan fingerprint density at radius 2 is 1.92 bits per heavy atom. The summed E-state index contributed by atoms with van der Waals surface area (Å²) in [5, 5.41) is 15.8. The molecule has 10 heteroatoms. The average molecular weight is 545 g/mol. The standard InChI is InChI=1S/C29H41FN4O5/c1-38-24(19-30)20-34(17-7-6-12-23-14-13-22-11-8-16-31-27(22)32-23)18-15-25(29(36)37)33-28(35)26(39-2)21-9-4-3-5-10-21/h3-5,9-10,13-14,24-26H,6-8,11-12,15-20H2,1-2H3,(H,31,32)(H,33,35)(H,36,37)/t24-,25+,26-/m1/s1. The Labute approximate surface area is 230 Å². The monoisotopic (exact) mass is 544 g/mol. The smallest absolute Gasteiger partial charge is 0.326 e. The van der Waals surface area contributed by atoms with Gasteiger partial charge in [0.2, 0.25) is 0 Å². The first-order valence-corrected chi connectivity index (χ1v) is 13.6. The molecule has 0 aliphatic carbocycles. The van der Waals surface area contributed by atoms with Crippen molar-refractivity contribution in [3.8, 4) is 0 Å². The van der Waals surface area contributed by atoms with Crippen LogP contribution in [0.15, 0.2) is 42.5 Å². The Hall–Kier alpha value is -3.08. The Morgan fingerprint density at radius 1 is 1.13 bits per heavy atom. The van der Waals surface area contributed by atoms with E-state index in [1.165, 1.54) is 19.8 Å². The number of anilines is 1. The van der Waals surface area contributed by atoms with Crippen molar-refractivity contribution in [2.24, 2.45) is 0 Å². The second-order valence-corrected chi connectivity index (χ2v) is 9.82. The highest BCUT2D eigenvalue weighted by molar-refractivity contribution is 5.87. The molecule has 1 aliphatic rings. The van der Waals surface area contributed by atoms with Gasteiger partial charge in [-0.1, -0.05) is 36.4 Å². The van der Waals surface area contributed by atoms with E-state index < -0.39 is 36.8 Å². The van der Waals surface area contributed by atoms with Crippen LogP contribution in [0.25, 0.3) is 0 Å². The van der Waals surface area contributed by atoms with Crippen molar-refractivity contribution >= 4 is 17.7 Å². The molecular formula is C29H41FN4O5. The lowest BCUT2D eigenvalue weighted by Gasteiger charge is -2.27. The van der Waals surface area contributed by atoms with E-state index in [4.69, 9.17) is 14.5 Å². The first-order chi connectivity index (χ1) is 18.9. The molecule has 1 aromatic heterocycles. The number of ether oxygens (including phenoxy) is 2. The van der Waals surface area contributed by atoms with E-state index >= 15 is 0 Å². The lowest BCUT2D eigenvalue weighted by Crippen LogP contribution is -2.46. The van der Waals surface area contributed by atoms with Crippen LogP contribution < -0.4 is 10.6 Å². The normalized spacial score (nSPS) is 15.2. The molecule has 0 saturated carbocycles. The number of amides is 1. The van der Waals surface area contributed by atoms with E-state index in [1.807, 2.05) is 11.0 Å². The molecule has 1 amide bonds. The van der Waals surface area contributed by atoms with Crippen molar-refractivity contribution in [2.75, 3.05) is 52.4 Å². The summed E-state index contributed by atoms with van der Waals surface area (Å²) < 4.78 is 24.0. The van der Waals surface area contributed by atoms with Gasteiger partial charge in [-0.25, -0.2) is 14.2 Å². The summed E-state index contributed by atoms with van der Waals surface area (Å²) in [4.78, 5) is 31.6.